The van der Waals surface area contributed by atoms with Crippen LogP contribution in [0.15, 0.2) is 30.3 Å². The van der Waals surface area contributed by atoms with Crippen LogP contribution in [0.25, 0.3) is 10.8 Å². The van der Waals surface area contributed by atoms with E-state index >= 15 is 0 Å². The first-order valence-corrected chi connectivity index (χ1v) is 11.8. The monoisotopic (exact) mass is 445 g/mol. The zero-order valence-corrected chi connectivity index (χ0v) is 18.9. The molecule has 2 aromatic carbocycles. The molecule has 1 saturated carbocycles. The number of benzene rings is 2. The van der Waals surface area contributed by atoms with E-state index in [9.17, 15) is 13.6 Å². The van der Waals surface area contributed by atoms with Crippen molar-refractivity contribution in [2.24, 2.45) is 11.8 Å². The van der Waals surface area contributed by atoms with E-state index in [0.29, 0.717) is 17.1 Å². The van der Waals surface area contributed by atoms with Crippen LogP contribution in [-0.2, 0) is 4.79 Å². The molecule has 0 radical (unpaired) electrons. The lowest BCUT2D eigenvalue weighted by Crippen LogP contribution is -2.49. The molecule has 1 saturated heterocycles. The van der Waals surface area contributed by atoms with Crippen molar-refractivity contribution in [1.82, 2.24) is 4.90 Å². The first-order chi connectivity index (χ1) is 15.4. The number of alkyl halides is 2. The fourth-order valence-electron chi connectivity index (χ4n) is 5.36. The number of halogens is 2. The predicted molar refractivity (Wildman–Crippen MR) is 121 cm³/mol. The van der Waals surface area contributed by atoms with Gasteiger partial charge in [-0.2, -0.15) is 0 Å². The maximum atomic E-state index is 14.1. The number of likely N-dealkylation sites (tertiary alicyclic amines) is 1. The van der Waals surface area contributed by atoms with Gasteiger partial charge in [-0.15, -0.1) is 0 Å². The summed E-state index contributed by atoms with van der Waals surface area (Å²) in [6.07, 6.45) is 2.47. The molecule has 4 nitrogen and oxygen atoms in total. The summed E-state index contributed by atoms with van der Waals surface area (Å²) in [5.41, 5.74) is 1.08. The Bertz CT molecular complexity index is 949. The predicted octanol–water partition coefficient (Wildman–Crippen LogP) is 6.59. The van der Waals surface area contributed by atoms with Crippen LogP contribution in [0.2, 0.25) is 0 Å². The molecule has 1 unspecified atom stereocenters. The van der Waals surface area contributed by atoms with E-state index in [0.717, 1.165) is 56.1 Å². The highest BCUT2D eigenvalue weighted by molar-refractivity contribution is 5.88. The van der Waals surface area contributed by atoms with E-state index < -0.39 is 12.4 Å². The Morgan fingerprint density at radius 3 is 2.50 bits per heavy atom. The van der Waals surface area contributed by atoms with Gasteiger partial charge in [0.05, 0.1) is 18.1 Å². The number of hydrogen-bond donors (Lipinski definition) is 1. The molecule has 0 bridgehead atoms. The molecular weight excluding hydrogens is 412 g/mol. The van der Waals surface area contributed by atoms with Gasteiger partial charge in [-0.1, -0.05) is 32.0 Å². The van der Waals surface area contributed by atoms with E-state index in [4.69, 9.17) is 9.84 Å². The van der Waals surface area contributed by atoms with E-state index in [1.54, 1.807) is 12.1 Å². The third kappa shape index (κ3) is 4.90. The molecular formula is C26H33F2NO3. The van der Waals surface area contributed by atoms with Crippen molar-refractivity contribution in [3.05, 3.63) is 41.5 Å². The average molecular weight is 446 g/mol. The minimum Gasteiger partial charge on any atom is -0.490 e. The lowest BCUT2D eigenvalue weighted by atomic mass is 9.88. The number of ether oxygens (including phenoxy) is 1. The van der Waals surface area contributed by atoms with Crippen LogP contribution >= 0.6 is 0 Å². The highest BCUT2D eigenvalue weighted by atomic mass is 19.3. The first-order valence-electron chi connectivity index (χ1n) is 11.8. The molecule has 1 aliphatic heterocycles. The number of rotatable bonds is 8. The van der Waals surface area contributed by atoms with Gasteiger partial charge in [0.2, 0.25) is 0 Å². The summed E-state index contributed by atoms with van der Waals surface area (Å²) in [5, 5.41) is 10.3. The number of carbonyl (C=O) groups is 1. The Balaban J connectivity index is 1.56. The summed E-state index contributed by atoms with van der Waals surface area (Å²) in [6.45, 7) is 5.85. The molecule has 6 heteroatoms. The number of aliphatic carboxylic acids is 1. The molecule has 2 aliphatic rings. The van der Waals surface area contributed by atoms with Crippen LogP contribution in [-0.4, -0.2) is 35.2 Å². The largest absolute Gasteiger partial charge is 0.490 e. The van der Waals surface area contributed by atoms with Crippen LogP contribution < -0.4 is 4.74 Å². The number of carboxylic acids is 1. The smallest absolute Gasteiger partial charge is 0.303 e. The molecule has 2 fully saturated rings. The van der Waals surface area contributed by atoms with Gasteiger partial charge in [0.1, 0.15) is 5.75 Å². The number of carboxylic acid groups (broad SMARTS) is 1. The number of hydrogen-bond acceptors (Lipinski definition) is 3. The summed E-state index contributed by atoms with van der Waals surface area (Å²) in [6, 6.07) is 9.52. The van der Waals surface area contributed by atoms with Crippen molar-refractivity contribution in [2.45, 2.75) is 70.9 Å². The highest BCUT2D eigenvalue weighted by Gasteiger charge is 2.33. The van der Waals surface area contributed by atoms with Crippen molar-refractivity contribution >= 4 is 16.7 Å². The molecule has 1 atom stereocenters. The van der Waals surface area contributed by atoms with Crippen LogP contribution in [0.1, 0.15) is 76.0 Å². The lowest BCUT2D eigenvalue weighted by molar-refractivity contribution is -0.139. The third-order valence-electron chi connectivity index (χ3n) is 7.18. The van der Waals surface area contributed by atoms with Crippen molar-refractivity contribution in [1.29, 1.82) is 0 Å². The van der Waals surface area contributed by atoms with Gasteiger partial charge in [0.15, 0.2) is 0 Å². The molecule has 0 spiro atoms. The Labute approximate surface area is 188 Å². The van der Waals surface area contributed by atoms with Gasteiger partial charge in [-0.05, 0) is 72.4 Å². The Hall–Kier alpha value is -2.21. The van der Waals surface area contributed by atoms with E-state index in [2.05, 4.69) is 18.7 Å². The fraction of sp³-hybridized carbons (Fsp3) is 0.577. The van der Waals surface area contributed by atoms with Gasteiger partial charge < -0.3 is 9.84 Å². The zero-order chi connectivity index (χ0) is 22.8. The molecule has 32 heavy (non-hydrogen) atoms. The van der Waals surface area contributed by atoms with Crippen LogP contribution in [0.5, 0.6) is 5.75 Å². The SMILES string of the molecule is CCC(c1ccc2c(C(F)F)c(OC3CCC(C)CC3)ccc2c1)N1CC(CC(=O)O)C1. The Morgan fingerprint density at radius 2 is 1.88 bits per heavy atom. The number of fused-ring (bicyclic) bond motifs is 1. The minimum absolute atomic E-state index is 0.00815. The second-order valence-corrected chi connectivity index (χ2v) is 9.60. The summed E-state index contributed by atoms with van der Waals surface area (Å²) in [7, 11) is 0. The van der Waals surface area contributed by atoms with Crippen molar-refractivity contribution in [3.8, 4) is 5.75 Å². The topological polar surface area (TPSA) is 49.8 Å². The second kappa shape index (κ2) is 9.74. The van der Waals surface area contributed by atoms with E-state index in [1.807, 2.05) is 18.2 Å². The zero-order valence-electron chi connectivity index (χ0n) is 18.9. The van der Waals surface area contributed by atoms with Crippen molar-refractivity contribution in [3.63, 3.8) is 0 Å². The van der Waals surface area contributed by atoms with Gasteiger partial charge in [0.25, 0.3) is 6.43 Å². The summed E-state index contributed by atoms with van der Waals surface area (Å²) in [5.74, 6) is 0.423. The Kier molecular flexibility index (Phi) is 6.99. The maximum Gasteiger partial charge on any atom is 0.303 e. The standard InChI is InChI=1S/C26H33F2NO3/c1-3-22(29-14-17(15-29)12-24(30)31)19-6-10-21-18(13-19)7-11-23(25(21)26(27)28)32-20-8-4-16(2)5-9-20/h6-7,10-11,13,16-17,20,22,26H,3-5,8-9,12,14-15H2,1-2H3,(H,30,31). The van der Waals surface area contributed by atoms with Crippen LogP contribution in [0, 0.1) is 11.8 Å². The summed E-state index contributed by atoms with van der Waals surface area (Å²) >= 11 is 0. The minimum atomic E-state index is -2.60. The molecule has 0 amide bonds. The van der Waals surface area contributed by atoms with Crippen molar-refractivity contribution < 1.29 is 23.4 Å². The van der Waals surface area contributed by atoms with Crippen LogP contribution in [0.4, 0.5) is 8.78 Å². The molecule has 0 aromatic heterocycles. The maximum absolute atomic E-state index is 14.1. The first kappa shape index (κ1) is 23.0. The third-order valence-corrected chi connectivity index (χ3v) is 7.18. The summed E-state index contributed by atoms with van der Waals surface area (Å²) in [4.78, 5) is 13.2. The van der Waals surface area contributed by atoms with E-state index in [-0.39, 0.29) is 30.0 Å². The molecule has 174 valence electrons. The van der Waals surface area contributed by atoms with Crippen LogP contribution in [0.3, 0.4) is 0 Å². The van der Waals surface area contributed by atoms with Gasteiger partial charge >= 0.3 is 5.97 Å². The Morgan fingerprint density at radius 1 is 1.16 bits per heavy atom. The van der Waals surface area contributed by atoms with Gasteiger partial charge in [0, 0.05) is 19.1 Å². The molecule has 2 aromatic rings. The lowest BCUT2D eigenvalue weighted by Gasteiger charge is -2.44. The number of nitrogens with zero attached hydrogens (tertiary/aromatic N) is 1. The normalized spacial score (nSPS) is 23.3. The quantitative estimate of drug-likeness (QED) is 0.498. The molecule has 1 N–H and O–H groups in total. The fourth-order valence-corrected chi connectivity index (χ4v) is 5.36. The molecule has 1 aliphatic carbocycles. The van der Waals surface area contributed by atoms with Gasteiger partial charge in [-0.25, -0.2) is 8.78 Å². The molecule has 4 rings (SSSR count). The average Bonchev–Trinajstić information content (AvgIpc) is 2.73. The summed E-state index contributed by atoms with van der Waals surface area (Å²) < 4.78 is 34.3. The van der Waals surface area contributed by atoms with Gasteiger partial charge in [-0.3, -0.25) is 9.69 Å². The second-order valence-electron chi connectivity index (χ2n) is 9.60. The van der Waals surface area contributed by atoms with Crippen molar-refractivity contribution in [2.75, 3.05) is 13.1 Å². The highest BCUT2D eigenvalue weighted by Crippen LogP contribution is 2.40. The molecule has 1 heterocycles. The van der Waals surface area contributed by atoms with E-state index in [1.165, 1.54) is 0 Å².